The summed E-state index contributed by atoms with van der Waals surface area (Å²) in [4.78, 5) is 4.10. The number of hydrogen-bond donors (Lipinski definition) is 0. The predicted molar refractivity (Wildman–Crippen MR) is 49.6 cm³/mol. The minimum absolute atomic E-state index is 1.02. The molecule has 0 saturated heterocycles. The van der Waals surface area contributed by atoms with Crippen LogP contribution in [-0.2, 0) is 0 Å². The van der Waals surface area contributed by atoms with E-state index in [1.54, 1.807) is 11.3 Å². The summed E-state index contributed by atoms with van der Waals surface area (Å²) >= 11 is 4.97. The van der Waals surface area contributed by atoms with E-state index in [0.717, 1.165) is 17.4 Å². The highest BCUT2D eigenvalue weighted by molar-refractivity contribution is 9.09. The molecule has 1 heterocycles. The predicted octanol–water partition coefficient (Wildman–Crippen LogP) is 2.94. The molecule has 0 amide bonds. The number of aromatic nitrogens is 1. The molecule has 3 heteroatoms. The topological polar surface area (TPSA) is 12.9 Å². The molecule has 0 bridgehead atoms. The molecule has 1 rings (SSSR count). The largest absolute Gasteiger partial charge is 0.245 e. The van der Waals surface area contributed by atoms with Gasteiger partial charge in [-0.3, -0.25) is 0 Å². The number of hydrogen-bond acceptors (Lipinski definition) is 2. The molecule has 1 aromatic heterocycles. The minimum atomic E-state index is 1.02. The van der Waals surface area contributed by atoms with Crippen LogP contribution in [0.25, 0.3) is 6.08 Å². The molecule has 0 aliphatic heterocycles. The van der Waals surface area contributed by atoms with E-state index in [0.29, 0.717) is 0 Å². The van der Waals surface area contributed by atoms with Gasteiger partial charge in [-0.2, -0.15) is 0 Å². The van der Waals surface area contributed by atoms with Crippen LogP contribution in [0.3, 0.4) is 0 Å². The van der Waals surface area contributed by atoms with Gasteiger partial charge in [-0.05, 0) is 12.5 Å². The monoisotopic (exact) mass is 217 g/mol. The second kappa shape index (κ2) is 4.63. The van der Waals surface area contributed by atoms with Crippen molar-refractivity contribution in [2.24, 2.45) is 0 Å². The van der Waals surface area contributed by atoms with Gasteiger partial charge in [0.25, 0.3) is 0 Å². The van der Waals surface area contributed by atoms with Crippen molar-refractivity contribution in [3.8, 4) is 0 Å². The Labute approximate surface area is 72.9 Å². The zero-order chi connectivity index (χ0) is 7.23. The maximum atomic E-state index is 4.10. The summed E-state index contributed by atoms with van der Waals surface area (Å²) in [7, 11) is 0. The Morgan fingerprint density at radius 3 is 3.20 bits per heavy atom. The lowest BCUT2D eigenvalue weighted by Crippen LogP contribution is -1.68. The average molecular weight is 218 g/mol. The molecule has 1 aromatic rings. The van der Waals surface area contributed by atoms with Crippen LogP contribution in [0, 0.1) is 0 Å². The van der Waals surface area contributed by atoms with Crippen LogP contribution in [0.1, 0.15) is 12.1 Å². The molecule has 0 radical (unpaired) electrons. The maximum absolute atomic E-state index is 4.10. The minimum Gasteiger partial charge on any atom is -0.245 e. The van der Waals surface area contributed by atoms with E-state index in [4.69, 9.17) is 0 Å². The summed E-state index contributed by atoms with van der Waals surface area (Å²) in [6.07, 6.45) is 5.22. The van der Waals surface area contributed by atoms with E-state index in [1.165, 1.54) is 0 Å². The Kier molecular flexibility index (Phi) is 3.68. The highest BCUT2D eigenvalue weighted by Gasteiger charge is 1.84. The third-order valence-corrected chi connectivity index (χ3v) is 2.08. The van der Waals surface area contributed by atoms with Gasteiger partial charge in [0, 0.05) is 10.7 Å². The quantitative estimate of drug-likeness (QED) is 0.710. The lowest BCUT2D eigenvalue weighted by atomic mass is 10.4. The highest BCUT2D eigenvalue weighted by Crippen LogP contribution is 2.03. The van der Waals surface area contributed by atoms with E-state index >= 15 is 0 Å². The fourth-order valence-electron chi connectivity index (χ4n) is 0.571. The van der Waals surface area contributed by atoms with E-state index in [-0.39, 0.29) is 0 Å². The number of alkyl halides is 1. The van der Waals surface area contributed by atoms with Crippen molar-refractivity contribution in [1.82, 2.24) is 4.98 Å². The number of rotatable bonds is 3. The first kappa shape index (κ1) is 7.95. The summed E-state index contributed by atoms with van der Waals surface area (Å²) in [5, 5.41) is 3.05. The fraction of sp³-hybridized carbons (Fsp3) is 0.286. The number of halogens is 1. The summed E-state index contributed by atoms with van der Waals surface area (Å²) < 4.78 is 0. The highest BCUT2D eigenvalue weighted by atomic mass is 79.9. The molecule has 0 aliphatic rings. The molecule has 0 fully saturated rings. The normalized spacial score (nSPS) is 10.9. The third-order valence-electron chi connectivity index (χ3n) is 1.02. The molecule has 0 unspecified atom stereocenters. The molecule has 54 valence electrons. The van der Waals surface area contributed by atoms with Gasteiger partial charge in [0.05, 0.1) is 11.2 Å². The van der Waals surface area contributed by atoms with Gasteiger partial charge < -0.3 is 0 Å². The van der Waals surface area contributed by atoms with Crippen molar-refractivity contribution in [1.29, 1.82) is 0 Å². The summed E-state index contributed by atoms with van der Waals surface area (Å²) in [5.41, 5.74) is 2.90. The van der Waals surface area contributed by atoms with Gasteiger partial charge >= 0.3 is 0 Å². The molecule has 0 aliphatic carbocycles. The van der Waals surface area contributed by atoms with Gasteiger partial charge in [0.15, 0.2) is 0 Å². The Balaban J connectivity index is 2.40. The van der Waals surface area contributed by atoms with E-state index in [1.807, 2.05) is 17.0 Å². The lowest BCUT2D eigenvalue weighted by Gasteiger charge is -1.81. The van der Waals surface area contributed by atoms with Crippen LogP contribution in [0.2, 0.25) is 0 Å². The zero-order valence-corrected chi connectivity index (χ0v) is 7.86. The first-order valence-electron chi connectivity index (χ1n) is 3.04. The van der Waals surface area contributed by atoms with Crippen molar-refractivity contribution < 1.29 is 0 Å². The van der Waals surface area contributed by atoms with Crippen molar-refractivity contribution in [2.45, 2.75) is 6.42 Å². The Morgan fingerprint density at radius 2 is 2.60 bits per heavy atom. The van der Waals surface area contributed by atoms with Crippen molar-refractivity contribution in [3.05, 3.63) is 22.7 Å². The van der Waals surface area contributed by atoms with Gasteiger partial charge in [0.1, 0.15) is 0 Å². The molecule has 0 atom stereocenters. The summed E-state index contributed by atoms with van der Waals surface area (Å²) in [5.74, 6) is 0. The Bertz CT molecular complexity index is 193. The second-order valence-electron chi connectivity index (χ2n) is 1.79. The zero-order valence-electron chi connectivity index (χ0n) is 5.46. The Morgan fingerprint density at radius 1 is 1.70 bits per heavy atom. The van der Waals surface area contributed by atoms with Crippen LogP contribution < -0.4 is 0 Å². The van der Waals surface area contributed by atoms with Crippen LogP contribution in [0.5, 0.6) is 0 Å². The van der Waals surface area contributed by atoms with E-state index in [9.17, 15) is 0 Å². The first-order chi connectivity index (χ1) is 4.93. The Hall–Kier alpha value is -0.150. The van der Waals surface area contributed by atoms with Gasteiger partial charge in [-0.15, -0.1) is 11.3 Å². The van der Waals surface area contributed by atoms with Gasteiger partial charge in [0.2, 0.25) is 0 Å². The molecular formula is C7H8BrNS. The van der Waals surface area contributed by atoms with Crippen molar-refractivity contribution in [3.63, 3.8) is 0 Å². The summed E-state index contributed by atoms with van der Waals surface area (Å²) in [6.45, 7) is 0. The van der Waals surface area contributed by atoms with Crippen LogP contribution in [-0.4, -0.2) is 10.3 Å². The van der Waals surface area contributed by atoms with Crippen LogP contribution in [0.4, 0.5) is 0 Å². The van der Waals surface area contributed by atoms with Crippen LogP contribution >= 0.6 is 27.3 Å². The molecule has 0 aromatic carbocycles. The number of nitrogens with zero attached hydrogens (tertiary/aromatic N) is 1. The third kappa shape index (κ3) is 2.62. The van der Waals surface area contributed by atoms with Crippen LogP contribution in [0.15, 0.2) is 17.0 Å². The molecule has 0 spiro atoms. The SMILES string of the molecule is BrCCC=Cc1cscn1. The standard InChI is InChI=1S/C7H8BrNS/c8-4-2-1-3-7-5-10-6-9-7/h1,3,5-6H,2,4H2. The second-order valence-corrected chi connectivity index (χ2v) is 3.31. The molecule has 1 nitrogen and oxygen atoms in total. The van der Waals surface area contributed by atoms with Crippen molar-refractivity contribution >= 4 is 33.3 Å². The number of allylic oxidation sites excluding steroid dienone is 1. The maximum Gasteiger partial charge on any atom is 0.0798 e. The summed E-state index contributed by atoms with van der Waals surface area (Å²) in [6, 6.07) is 0. The molecule has 0 N–H and O–H groups in total. The molecule has 0 saturated carbocycles. The van der Waals surface area contributed by atoms with Crippen molar-refractivity contribution in [2.75, 3.05) is 5.33 Å². The lowest BCUT2D eigenvalue weighted by molar-refractivity contribution is 1.26. The van der Waals surface area contributed by atoms with E-state index in [2.05, 4.69) is 27.0 Å². The first-order valence-corrected chi connectivity index (χ1v) is 5.10. The number of thiazole rings is 1. The van der Waals surface area contributed by atoms with E-state index < -0.39 is 0 Å². The average Bonchev–Trinajstić information content (AvgIpc) is 2.41. The van der Waals surface area contributed by atoms with Gasteiger partial charge in [-0.1, -0.05) is 22.0 Å². The van der Waals surface area contributed by atoms with Gasteiger partial charge in [-0.25, -0.2) is 4.98 Å². The molecule has 10 heavy (non-hydrogen) atoms. The fourth-order valence-corrected chi connectivity index (χ4v) is 1.36. The smallest absolute Gasteiger partial charge is 0.0798 e. The molecular weight excluding hydrogens is 210 g/mol.